The summed E-state index contributed by atoms with van der Waals surface area (Å²) in [5, 5.41) is 13.1. The van der Waals surface area contributed by atoms with Crippen LogP contribution in [0.1, 0.15) is 0 Å². The molecule has 1 amide bonds. The summed E-state index contributed by atoms with van der Waals surface area (Å²) >= 11 is 0. The van der Waals surface area contributed by atoms with Crippen molar-refractivity contribution in [3.8, 4) is 11.5 Å². The van der Waals surface area contributed by atoms with E-state index in [0.717, 1.165) is 18.2 Å². The molecule has 114 valence electrons. The van der Waals surface area contributed by atoms with Gasteiger partial charge in [0.2, 0.25) is 0 Å². The second kappa shape index (κ2) is 6.53. The van der Waals surface area contributed by atoms with Crippen LogP contribution in [0.4, 0.5) is 20.6 Å². The van der Waals surface area contributed by atoms with Crippen molar-refractivity contribution in [3.05, 3.63) is 58.4 Å². The van der Waals surface area contributed by atoms with Crippen molar-refractivity contribution in [2.45, 2.75) is 0 Å². The van der Waals surface area contributed by atoms with Gasteiger partial charge < -0.3 is 9.47 Å². The molecule has 0 aliphatic rings. The van der Waals surface area contributed by atoms with Crippen LogP contribution in [-0.4, -0.2) is 18.1 Å². The Kier molecular flexibility index (Phi) is 4.52. The number of anilines is 1. The van der Waals surface area contributed by atoms with E-state index in [1.165, 1.54) is 31.4 Å². The molecule has 0 radical (unpaired) electrons. The summed E-state index contributed by atoms with van der Waals surface area (Å²) in [6.07, 6.45) is -0.884. The fourth-order valence-corrected chi connectivity index (χ4v) is 1.65. The minimum atomic E-state index is -0.884. The maximum atomic E-state index is 12.8. The number of nitrogens with zero attached hydrogens (tertiary/aromatic N) is 1. The number of carbonyl (C=O) groups is 1. The van der Waals surface area contributed by atoms with E-state index in [0.29, 0.717) is 0 Å². The number of hydrogen-bond donors (Lipinski definition) is 1. The standard InChI is InChI=1S/C14H11FN2O5/c1-21-13-7-4-10(17(19)20)8-12(13)16-14(18)22-11-5-2-9(15)3-6-11/h2-8H,1H3,(H,16,18). The smallest absolute Gasteiger partial charge is 0.417 e. The lowest BCUT2D eigenvalue weighted by atomic mass is 10.2. The molecule has 2 rings (SSSR count). The topological polar surface area (TPSA) is 90.7 Å². The number of hydrogen-bond acceptors (Lipinski definition) is 5. The largest absolute Gasteiger partial charge is 0.495 e. The molecule has 0 unspecified atom stereocenters. The first-order valence-electron chi connectivity index (χ1n) is 6.06. The van der Waals surface area contributed by atoms with E-state index < -0.39 is 16.8 Å². The summed E-state index contributed by atoms with van der Waals surface area (Å²) in [5.41, 5.74) is -0.123. The number of ether oxygens (including phenoxy) is 2. The minimum absolute atomic E-state index is 0.0869. The van der Waals surface area contributed by atoms with Gasteiger partial charge in [-0.2, -0.15) is 0 Å². The fraction of sp³-hybridized carbons (Fsp3) is 0.0714. The number of rotatable bonds is 4. The Morgan fingerprint density at radius 3 is 2.50 bits per heavy atom. The normalized spacial score (nSPS) is 9.91. The van der Waals surface area contributed by atoms with E-state index in [4.69, 9.17) is 9.47 Å². The summed E-state index contributed by atoms with van der Waals surface area (Å²) < 4.78 is 22.7. The molecule has 1 N–H and O–H groups in total. The highest BCUT2D eigenvalue weighted by atomic mass is 19.1. The molecule has 0 bridgehead atoms. The van der Waals surface area contributed by atoms with Crippen molar-refractivity contribution in [1.82, 2.24) is 0 Å². The van der Waals surface area contributed by atoms with Crippen molar-refractivity contribution < 1.29 is 23.6 Å². The van der Waals surface area contributed by atoms with E-state index >= 15 is 0 Å². The second-order valence-corrected chi connectivity index (χ2v) is 4.11. The minimum Gasteiger partial charge on any atom is -0.495 e. The SMILES string of the molecule is COc1ccc([N+](=O)[O-])cc1NC(=O)Oc1ccc(F)cc1. The van der Waals surface area contributed by atoms with E-state index in [1.807, 2.05) is 0 Å². The summed E-state index contributed by atoms with van der Waals surface area (Å²) in [6, 6.07) is 8.57. The van der Waals surface area contributed by atoms with Crippen LogP contribution in [0.2, 0.25) is 0 Å². The molecule has 8 heteroatoms. The van der Waals surface area contributed by atoms with Crippen molar-refractivity contribution in [1.29, 1.82) is 0 Å². The summed E-state index contributed by atoms with van der Waals surface area (Å²) in [4.78, 5) is 21.9. The maximum absolute atomic E-state index is 12.8. The lowest BCUT2D eigenvalue weighted by molar-refractivity contribution is -0.384. The molecule has 2 aromatic rings. The van der Waals surface area contributed by atoms with Gasteiger partial charge in [-0.1, -0.05) is 0 Å². The Bertz CT molecular complexity index is 703. The van der Waals surface area contributed by atoms with Crippen LogP contribution in [0.5, 0.6) is 11.5 Å². The molecular weight excluding hydrogens is 295 g/mol. The van der Waals surface area contributed by atoms with Crippen LogP contribution < -0.4 is 14.8 Å². The zero-order valence-corrected chi connectivity index (χ0v) is 11.4. The van der Waals surface area contributed by atoms with Crippen LogP contribution in [0.15, 0.2) is 42.5 Å². The molecule has 0 heterocycles. The third-order valence-corrected chi connectivity index (χ3v) is 2.65. The van der Waals surface area contributed by atoms with Gasteiger partial charge in [-0.25, -0.2) is 9.18 Å². The van der Waals surface area contributed by atoms with E-state index in [1.54, 1.807) is 0 Å². The van der Waals surface area contributed by atoms with Crippen molar-refractivity contribution in [2.24, 2.45) is 0 Å². The zero-order valence-electron chi connectivity index (χ0n) is 11.4. The number of nitrogens with one attached hydrogen (secondary N) is 1. The van der Waals surface area contributed by atoms with Crippen LogP contribution >= 0.6 is 0 Å². The van der Waals surface area contributed by atoms with E-state index in [2.05, 4.69) is 5.32 Å². The van der Waals surface area contributed by atoms with Crippen LogP contribution in [0.3, 0.4) is 0 Å². The molecule has 0 atom stereocenters. The molecule has 0 spiro atoms. The zero-order chi connectivity index (χ0) is 16.1. The Labute approximate surface area is 124 Å². The first-order valence-corrected chi connectivity index (χ1v) is 6.06. The quantitative estimate of drug-likeness (QED) is 0.691. The van der Waals surface area contributed by atoms with Gasteiger partial charge in [0.05, 0.1) is 17.7 Å². The Balaban J connectivity index is 2.14. The second-order valence-electron chi connectivity index (χ2n) is 4.11. The average Bonchev–Trinajstić information content (AvgIpc) is 2.49. The summed E-state index contributed by atoms with van der Waals surface area (Å²) in [5.74, 6) is -0.0990. The summed E-state index contributed by atoms with van der Waals surface area (Å²) in [7, 11) is 1.36. The molecular formula is C14H11FN2O5. The van der Waals surface area contributed by atoms with Gasteiger partial charge in [0.15, 0.2) is 0 Å². The predicted molar refractivity (Wildman–Crippen MR) is 75.7 cm³/mol. The Morgan fingerprint density at radius 2 is 1.91 bits per heavy atom. The first kappa shape index (κ1) is 15.2. The number of non-ortho nitro benzene ring substituents is 1. The Morgan fingerprint density at radius 1 is 1.23 bits per heavy atom. The number of amides is 1. The molecule has 0 saturated heterocycles. The van der Waals surface area contributed by atoms with Gasteiger partial charge in [-0.3, -0.25) is 15.4 Å². The predicted octanol–water partition coefficient (Wildman–Crippen LogP) is 3.35. The third-order valence-electron chi connectivity index (χ3n) is 2.65. The third kappa shape index (κ3) is 3.69. The fourth-order valence-electron chi connectivity index (χ4n) is 1.65. The molecule has 7 nitrogen and oxygen atoms in total. The van der Waals surface area contributed by atoms with E-state index in [9.17, 15) is 19.3 Å². The van der Waals surface area contributed by atoms with Gasteiger partial charge in [-0.15, -0.1) is 0 Å². The number of benzene rings is 2. The van der Waals surface area contributed by atoms with Crippen LogP contribution in [-0.2, 0) is 0 Å². The number of halogens is 1. The van der Waals surface area contributed by atoms with Gasteiger partial charge in [0.1, 0.15) is 17.3 Å². The highest BCUT2D eigenvalue weighted by Gasteiger charge is 2.14. The van der Waals surface area contributed by atoms with Crippen LogP contribution in [0.25, 0.3) is 0 Å². The molecule has 0 aliphatic carbocycles. The number of methoxy groups -OCH3 is 1. The lowest BCUT2D eigenvalue weighted by Gasteiger charge is -2.10. The monoisotopic (exact) mass is 306 g/mol. The number of carbonyl (C=O) groups excluding carboxylic acids is 1. The molecule has 0 aromatic heterocycles. The molecule has 0 saturated carbocycles. The van der Waals surface area contributed by atoms with Crippen molar-refractivity contribution in [2.75, 3.05) is 12.4 Å². The van der Waals surface area contributed by atoms with Gasteiger partial charge in [-0.05, 0) is 30.3 Å². The molecule has 2 aromatic carbocycles. The first-order chi connectivity index (χ1) is 10.5. The van der Waals surface area contributed by atoms with E-state index in [-0.39, 0.29) is 22.9 Å². The molecule has 0 aliphatic heterocycles. The summed E-state index contributed by atoms with van der Waals surface area (Å²) in [6.45, 7) is 0. The Hall–Kier alpha value is -3.16. The number of nitro benzene ring substituents is 1. The average molecular weight is 306 g/mol. The number of nitro groups is 1. The molecule has 22 heavy (non-hydrogen) atoms. The van der Waals surface area contributed by atoms with Crippen molar-refractivity contribution >= 4 is 17.5 Å². The highest BCUT2D eigenvalue weighted by Crippen LogP contribution is 2.29. The van der Waals surface area contributed by atoms with Crippen molar-refractivity contribution in [3.63, 3.8) is 0 Å². The highest BCUT2D eigenvalue weighted by molar-refractivity contribution is 5.88. The lowest BCUT2D eigenvalue weighted by Crippen LogP contribution is -2.17. The van der Waals surface area contributed by atoms with Gasteiger partial charge >= 0.3 is 6.09 Å². The van der Waals surface area contributed by atoms with Gasteiger partial charge in [0.25, 0.3) is 5.69 Å². The maximum Gasteiger partial charge on any atom is 0.417 e. The van der Waals surface area contributed by atoms with Gasteiger partial charge in [0, 0.05) is 12.1 Å². The van der Waals surface area contributed by atoms with Crippen LogP contribution in [0, 0.1) is 15.9 Å². The molecule has 0 fully saturated rings.